The van der Waals surface area contributed by atoms with Crippen molar-refractivity contribution in [3.63, 3.8) is 0 Å². The molecule has 1 aromatic heterocycles. The second-order valence-corrected chi connectivity index (χ2v) is 7.89. The first-order valence-corrected chi connectivity index (χ1v) is 9.15. The van der Waals surface area contributed by atoms with Crippen LogP contribution < -0.4 is 5.73 Å². The average molecular weight is 347 g/mol. The second-order valence-electron chi connectivity index (χ2n) is 4.28. The number of hydrogen-bond donors (Lipinski definition) is 1. The zero-order chi connectivity index (χ0) is 15.5. The minimum atomic E-state index is -3.32. The first-order chi connectivity index (χ1) is 9.94. The van der Waals surface area contributed by atoms with E-state index in [9.17, 15) is 8.42 Å². The molecule has 0 unspecified atom stereocenters. The molecule has 2 aromatic rings. The topological polar surface area (TPSA) is 90.9 Å². The molecule has 1 aromatic carbocycles. The van der Waals surface area contributed by atoms with Crippen molar-refractivity contribution in [2.45, 2.75) is 16.6 Å². The molecule has 9 heteroatoms. The summed E-state index contributed by atoms with van der Waals surface area (Å²) in [7, 11) is -1.52. The fourth-order valence-electron chi connectivity index (χ4n) is 1.65. The first kappa shape index (κ1) is 16.3. The molecule has 6 nitrogen and oxygen atoms in total. The van der Waals surface area contributed by atoms with Gasteiger partial charge in [0.25, 0.3) is 0 Å². The molecule has 21 heavy (non-hydrogen) atoms. The smallest absolute Gasteiger partial charge is 0.191 e. The van der Waals surface area contributed by atoms with E-state index < -0.39 is 9.84 Å². The van der Waals surface area contributed by atoms with Crippen LogP contribution in [0.1, 0.15) is 5.82 Å². The normalized spacial score (nSPS) is 11.8. The van der Waals surface area contributed by atoms with E-state index >= 15 is 0 Å². The summed E-state index contributed by atoms with van der Waals surface area (Å²) in [6.45, 7) is 0.299. The van der Waals surface area contributed by atoms with E-state index in [0.717, 1.165) is 0 Å². The molecule has 0 spiro atoms. The molecule has 0 radical (unpaired) electrons. The van der Waals surface area contributed by atoms with Gasteiger partial charge >= 0.3 is 0 Å². The molecule has 2 rings (SSSR count). The van der Waals surface area contributed by atoms with Crippen molar-refractivity contribution in [1.82, 2.24) is 14.8 Å². The monoisotopic (exact) mass is 346 g/mol. The van der Waals surface area contributed by atoms with Crippen LogP contribution in [-0.4, -0.2) is 34.7 Å². The Balaban J connectivity index is 1.99. The molecule has 114 valence electrons. The van der Waals surface area contributed by atoms with Crippen LogP contribution in [0.4, 0.5) is 0 Å². The molecule has 2 N–H and O–H groups in total. The highest BCUT2D eigenvalue weighted by Gasteiger charge is 2.15. The van der Waals surface area contributed by atoms with Crippen molar-refractivity contribution in [3.05, 3.63) is 35.1 Å². The predicted molar refractivity (Wildman–Crippen MR) is 83.1 cm³/mol. The summed E-state index contributed by atoms with van der Waals surface area (Å²) in [4.78, 5) is 0.271. The lowest BCUT2D eigenvalue weighted by atomic mass is 10.4. The van der Waals surface area contributed by atoms with Crippen molar-refractivity contribution in [1.29, 1.82) is 0 Å². The quantitative estimate of drug-likeness (QED) is 0.797. The number of halogens is 1. The molecular formula is C12H15ClN4O2S2. The molecule has 0 aliphatic rings. The van der Waals surface area contributed by atoms with Gasteiger partial charge in [0, 0.05) is 17.8 Å². The Bertz CT molecular complexity index is 713. The molecule has 0 saturated heterocycles. The number of nitrogens with zero attached hydrogens (tertiary/aromatic N) is 3. The number of hydrogen-bond acceptors (Lipinski definition) is 6. The largest absolute Gasteiger partial charge is 0.324 e. The van der Waals surface area contributed by atoms with E-state index in [0.29, 0.717) is 28.3 Å². The van der Waals surface area contributed by atoms with E-state index in [1.54, 1.807) is 23.7 Å². The SMILES string of the molecule is Cn1c(CN)nnc1SCCS(=O)(=O)c1ccc(Cl)cc1. The lowest BCUT2D eigenvalue weighted by Gasteiger charge is -2.05. The van der Waals surface area contributed by atoms with Crippen LogP contribution in [0, 0.1) is 0 Å². The Morgan fingerprint density at radius 2 is 1.95 bits per heavy atom. The van der Waals surface area contributed by atoms with Gasteiger partial charge < -0.3 is 10.3 Å². The maximum Gasteiger partial charge on any atom is 0.191 e. The Morgan fingerprint density at radius 1 is 1.29 bits per heavy atom. The molecule has 0 bridgehead atoms. The van der Waals surface area contributed by atoms with E-state index in [1.165, 1.54) is 23.9 Å². The fraction of sp³-hybridized carbons (Fsp3) is 0.333. The predicted octanol–water partition coefficient (Wildman–Crippen LogP) is 1.49. The molecular weight excluding hydrogens is 332 g/mol. The van der Waals surface area contributed by atoms with Gasteiger partial charge in [-0.2, -0.15) is 0 Å². The summed E-state index contributed by atoms with van der Waals surface area (Å²) in [6, 6.07) is 6.16. The summed E-state index contributed by atoms with van der Waals surface area (Å²) < 4.78 is 26.1. The van der Waals surface area contributed by atoms with E-state index in [2.05, 4.69) is 10.2 Å². The van der Waals surface area contributed by atoms with E-state index in [-0.39, 0.29) is 10.6 Å². The Hall–Kier alpha value is -1.09. The molecule has 0 amide bonds. The van der Waals surface area contributed by atoms with Crippen LogP contribution in [0.15, 0.2) is 34.3 Å². The molecule has 0 aliphatic carbocycles. The van der Waals surface area contributed by atoms with Crippen LogP contribution >= 0.6 is 23.4 Å². The number of nitrogens with two attached hydrogens (primary N) is 1. The third-order valence-electron chi connectivity index (χ3n) is 2.86. The Labute approximate surface area is 132 Å². The van der Waals surface area contributed by atoms with Crippen molar-refractivity contribution < 1.29 is 8.42 Å². The molecule has 1 heterocycles. The van der Waals surface area contributed by atoms with Gasteiger partial charge in [-0.3, -0.25) is 0 Å². The Morgan fingerprint density at radius 3 is 2.52 bits per heavy atom. The molecule has 0 atom stereocenters. The minimum absolute atomic E-state index is 0.0180. The number of rotatable bonds is 6. The summed E-state index contributed by atoms with van der Waals surface area (Å²) >= 11 is 7.09. The first-order valence-electron chi connectivity index (χ1n) is 6.13. The number of aromatic nitrogens is 3. The van der Waals surface area contributed by atoms with Gasteiger partial charge in [-0.25, -0.2) is 8.42 Å². The number of benzene rings is 1. The van der Waals surface area contributed by atoms with Gasteiger partial charge in [-0.15, -0.1) is 10.2 Å². The summed E-state index contributed by atoms with van der Waals surface area (Å²) in [5, 5.41) is 9.06. The van der Waals surface area contributed by atoms with Crippen molar-refractivity contribution in [2.24, 2.45) is 12.8 Å². The van der Waals surface area contributed by atoms with Gasteiger partial charge in [0.1, 0.15) is 5.82 Å². The maximum atomic E-state index is 12.2. The lowest BCUT2D eigenvalue weighted by Crippen LogP contribution is -2.09. The van der Waals surface area contributed by atoms with Crippen molar-refractivity contribution in [3.8, 4) is 0 Å². The van der Waals surface area contributed by atoms with Crippen LogP contribution in [0.25, 0.3) is 0 Å². The number of thioether (sulfide) groups is 1. The summed E-state index contributed by atoms with van der Waals surface area (Å²) in [5.74, 6) is 1.07. The third-order valence-corrected chi connectivity index (χ3v) is 6.13. The van der Waals surface area contributed by atoms with Crippen molar-refractivity contribution >= 4 is 33.2 Å². The van der Waals surface area contributed by atoms with Crippen molar-refractivity contribution in [2.75, 3.05) is 11.5 Å². The van der Waals surface area contributed by atoms with Gasteiger partial charge in [0.15, 0.2) is 15.0 Å². The molecule has 0 fully saturated rings. The second kappa shape index (κ2) is 6.78. The van der Waals surface area contributed by atoms with E-state index in [4.69, 9.17) is 17.3 Å². The van der Waals surface area contributed by atoms with Crippen LogP contribution in [0.3, 0.4) is 0 Å². The van der Waals surface area contributed by atoms with Crippen LogP contribution in [0.5, 0.6) is 0 Å². The van der Waals surface area contributed by atoms with Gasteiger partial charge in [0.2, 0.25) is 0 Å². The molecule has 0 saturated carbocycles. The van der Waals surface area contributed by atoms with E-state index in [1.807, 2.05) is 0 Å². The van der Waals surface area contributed by atoms with Gasteiger partial charge in [-0.1, -0.05) is 23.4 Å². The highest BCUT2D eigenvalue weighted by molar-refractivity contribution is 8.00. The standard InChI is InChI=1S/C12H15ClN4O2S2/c1-17-11(8-14)15-16-12(17)20-6-7-21(18,19)10-4-2-9(13)3-5-10/h2-5H,6-8,14H2,1H3. The average Bonchev–Trinajstić information content (AvgIpc) is 2.80. The zero-order valence-corrected chi connectivity index (χ0v) is 13.7. The third kappa shape index (κ3) is 3.97. The minimum Gasteiger partial charge on any atom is -0.324 e. The number of sulfone groups is 1. The van der Waals surface area contributed by atoms with Crippen LogP contribution in [-0.2, 0) is 23.4 Å². The van der Waals surface area contributed by atoms with Gasteiger partial charge in [-0.05, 0) is 24.3 Å². The fourth-order valence-corrected chi connectivity index (χ4v) is 4.35. The zero-order valence-electron chi connectivity index (χ0n) is 11.4. The van der Waals surface area contributed by atoms with Crippen LogP contribution in [0.2, 0.25) is 5.02 Å². The summed E-state index contributed by atoms with van der Waals surface area (Å²) in [6.07, 6.45) is 0. The maximum absolute atomic E-state index is 12.2. The Kier molecular flexibility index (Phi) is 5.26. The summed E-state index contributed by atoms with van der Waals surface area (Å²) in [5.41, 5.74) is 5.51. The highest BCUT2D eigenvalue weighted by atomic mass is 35.5. The lowest BCUT2D eigenvalue weighted by molar-refractivity contribution is 0.597. The highest BCUT2D eigenvalue weighted by Crippen LogP contribution is 2.19. The van der Waals surface area contributed by atoms with Gasteiger partial charge in [0.05, 0.1) is 17.2 Å². The molecule has 0 aliphatic heterocycles.